The van der Waals surface area contributed by atoms with Crippen LogP contribution in [0.4, 0.5) is 10.8 Å². The van der Waals surface area contributed by atoms with Crippen LogP contribution in [0.2, 0.25) is 0 Å². The quantitative estimate of drug-likeness (QED) is 0.517. The van der Waals surface area contributed by atoms with Gasteiger partial charge in [0.15, 0.2) is 5.76 Å². The molecule has 11 nitrogen and oxygen atoms in total. The second-order valence-corrected chi connectivity index (χ2v) is 8.48. The smallest absolute Gasteiger partial charge is 0.381 e. The molecule has 1 amide bonds. The SMILES string of the molecule is COc1c(N[C@H]2CCC[C@@]2(C)O)cc(C(=O)Nc2nnc(-n3nccc3C)s2)oc1=O. The van der Waals surface area contributed by atoms with Crippen molar-refractivity contribution in [1.82, 2.24) is 20.0 Å². The normalized spacial score (nSPS) is 20.6. The minimum absolute atomic E-state index is 0.0633. The molecule has 0 aromatic carbocycles. The van der Waals surface area contributed by atoms with Gasteiger partial charge in [0.25, 0.3) is 5.91 Å². The highest BCUT2D eigenvalue weighted by Gasteiger charge is 2.37. The average Bonchev–Trinajstić information content (AvgIpc) is 3.42. The fraction of sp³-hybridized carbons (Fsp3) is 0.421. The third-order valence-electron chi connectivity index (χ3n) is 5.24. The van der Waals surface area contributed by atoms with Crippen molar-refractivity contribution in [2.75, 3.05) is 17.7 Å². The highest BCUT2D eigenvalue weighted by atomic mass is 32.1. The minimum Gasteiger partial charge on any atom is -0.488 e. The molecular formula is C19H22N6O5S. The van der Waals surface area contributed by atoms with Gasteiger partial charge < -0.3 is 19.6 Å². The van der Waals surface area contributed by atoms with Gasteiger partial charge >= 0.3 is 5.63 Å². The molecule has 164 valence electrons. The number of ether oxygens (including phenoxy) is 1. The topological polar surface area (TPSA) is 144 Å². The van der Waals surface area contributed by atoms with Crippen LogP contribution in [-0.2, 0) is 0 Å². The van der Waals surface area contributed by atoms with E-state index < -0.39 is 17.1 Å². The number of anilines is 2. The lowest BCUT2D eigenvalue weighted by atomic mass is 10.0. The molecule has 0 bridgehead atoms. The Hall–Kier alpha value is -3.25. The number of hydrogen-bond acceptors (Lipinski definition) is 10. The summed E-state index contributed by atoms with van der Waals surface area (Å²) >= 11 is 1.12. The number of aryl methyl sites for hydroxylation is 1. The predicted octanol–water partition coefficient (Wildman–Crippen LogP) is 1.96. The zero-order valence-corrected chi connectivity index (χ0v) is 18.0. The average molecular weight is 446 g/mol. The number of amides is 1. The molecule has 0 aliphatic heterocycles. The van der Waals surface area contributed by atoms with Crippen LogP contribution in [0.5, 0.6) is 5.75 Å². The summed E-state index contributed by atoms with van der Waals surface area (Å²) in [6.45, 7) is 3.60. The molecule has 1 aliphatic carbocycles. The Kier molecular flexibility index (Phi) is 5.50. The highest BCUT2D eigenvalue weighted by Crippen LogP contribution is 2.34. The van der Waals surface area contributed by atoms with Crippen molar-refractivity contribution < 1.29 is 19.1 Å². The third-order valence-corrected chi connectivity index (χ3v) is 6.05. The number of aliphatic hydroxyl groups is 1. The molecule has 1 aliphatic rings. The number of nitrogens with one attached hydrogen (secondary N) is 2. The Morgan fingerprint density at radius 1 is 1.45 bits per heavy atom. The van der Waals surface area contributed by atoms with Crippen molar-refractivity contribution in [3.63, 3.8) is 0 Å². The van der Waals surface area contributed by atoms with Crippen LogP contribution in [0.15, 0.2) is 27.5 Å². The maximum atomic E-state index is 12.7. The fourth-order valence-corrected chi connectivity index (χ4v) is 4.30. The molecule has 2 atom stereocenters. The van der Waals surface area contributed by atoms with E-state index in [0.29, 0.717) is 11.6 Å². The van der Waals surface area contributed by atoms with Crippen molar-refractivity contribution >= 4 is 28.1 Å². The number of hydrogen-bond donors (Lipinski definition) is 3. The molecule has 3 aromatic heterocycles. The zero-order valence-electron chi connectivity index (χ0n) is 17.2. The summed E-state index contributed by atoms with van der Waals surface area (Å²) in [4.78, 5) is 25.1. The summed E-state index contributed by atoms with van der Waals surface area (Å²) < 4.78 is 11.9. The van der Waals surface area contributed by atoms with Gasteiger partial charge in [0.05, 0.1) is 24.4 Å². The minimum atomic E-state index is -0.933. The molecule has 0 unspecified atom stereocenters. The van der Waals surface area contributed by atoms with E-state index in [9.17, 15) is 14.7 Å². The van der Waals surface area contributed by atoms with Gasteiger partial charge in [-0.2, -0.15) is 5.10 Å². The number of carbonyl (C=O) groups is 1. The molecule has 1 fully saturated rings. The Balaban J connectivity index is 1.57. The van der Waals surface area contributed by atoms with Gasteiger partial charge in [-0.25, -0.2) is 9.48 Å². The fourth-order valence-electron chi connectivity index (χ4n) is 3.54. The molecule has 3 heterocycles. The van der Waals surface area contributed by atoms with Crippen molar-refractivity contribution in [3.05, 3.63) is 40.2 Å². The molecule has 12 heteroatoms. The van der Waals surface area contributed by atoms with E-state index in [1.165, 1.54) is 13.2 Å². The van der Waals surface area contributed by atoms with Crippen molar-refractivity contribution in [1.29, 1.82) is 0 Å². The van der Waals surface area contributed by atoms with E-state index in [4.69, 9.17) is 9.15 Å². The Morgan fingerprint density at radius 2 is 2.26 bits per heavy atom. The van der Waals surface area contributed by atoms with Crippen LogP contribution in [0.25, 0.3) is 5.13 Å². The lowest BCUT2D eigenvalue weighted by Gasteiger charge is -2.27. The first-order valence-electron chi connectivity index (χ1n) is 9.65. The van der Waals surface area contributed by atoms with E-state index in [2.05, 4.69) is 25.9 Å². The van der Waals surface area contributed by atoms with Gasteiger partial charge in [-0.3, -0.25) is 10.1 Å². The Labute approximate surface area is 181 Å². The predicted molar refractivity (Wildman–Crippen MR) is 113 cm³/mol. The van der Waals surface area contributed by atoms with Crippen molar-refractivity contribution in [3.8, 4) is 10.9 Å². The number of aromatic nitrogens is 4. The second kappa shape index (κ2) is 8.12. The summed E-state index contributed by atoms with van der Waals surface area (Å²) in [6, 6.07) is 2.91. The highest BCUT2D eigenvalue weighted by molar-refractivity contribution is 7.17. The molecule has 0 saturated heterocycles. The summed E-state index contributed by atoms with van der Waals surface area (Å²) in [5, 5.41) is 29.0. The van der Waals surface area contributed by atoms with Gasteiger partial charge in [-0.15, -0.1) is 10.2 Å². The number of methoxy groups -OCH3 is 1. The second-order valence-electron chi connectivity index (χ2n) is 7.52. The zero-order chi connectivity index (χ0) is 22.2. The lowest BCUT2D eigenvalue weighted by molar-refractivity contribution is 0.0578. The maximum Gasteiger partial charge on any atom is 0.381 e. The monoisotopic (exact) mass is 446 g/mol. The van der Waals surface area contributed by atoms with Crippen LogP contribution >= 0.6 is 11.3 Å². The van der Waals surface area contributed by atoms with Gasteiger partial charge in [0, 0.05) is 18.0 Å². The summed E-state index contributed by atoms with van der Waals surface area (Å²) in [5.41, 5.74) is -0.591. The standard InChI is InChI=1S/C19H22N6O5S/c1-10-6-8-20-25(10)18-24-23-17(31-18)22-15(26)12-9-11(14(29-3)16(27)30-12)21-13-5-4-7-19(13,2)28/h6,8-9,13,21,28H,4-5,7H2,1-3H3,(H,22,23,26)/t13-,19+/m0/s1. The first kappa shape index (κ1) is 21.0. The van der Waals surface area contributed by atoms with Crippen molar-refractivity contribution in [2.24, 2.45) is 0 Å². The molecule has 0 radical (unpaired) electrons. The Morgan fingerprint density at radius 3 is 2.90 bits per heavy atom. The number of carbonyl (C=O) groups excluding carboxylic acids is 1. The number of rotatable bonds is 6. The van der Waals surface area contributed by atoms with Crippen LogP contribution in [-0.4, -0.2) is 49.7 Å². The van der Waals surface area contributed by atoms with E-state index in [0.717, 1.165) is 29.9 Å². The molecule has 1 saturated carbocycles. The van der Waals surface area contributed by atoms with Gasteiger partial charge in [-0.1, -0.05) is 11.3 Å². The van der Waals surface area contributed by atoms with Crippen LogP contribution in [0.3, 0.4) is 0 Å². The van der Waals surface area contributed by atoms with Crippen molar-refractivity contribution in [2.45, 2.75) is 44.8 Å². The largest absolute Gasteiger partial charge is 0.488 e. The van der Waals surface area contributed by atoms with Gasteiger partial charge in [-0.05, 0) is 39.2 Å². The molecule has 0 spiro atoms. The summed E-state index contributed by atoms with van der Waals surface area (Å²) in [5.74, 6) is -0.953. The molecule has 3 aromatic rings. The van der Waals surface area contributed by atoms with Crippen LogP contribution in [0.1, 0.15) is 42.4 Å². The molecule has 4 rings (SSSR count). The first-order valence-corrected chi connectivity index (χ1v) is 10.5. The molecule has 3 N–H and O–H groups in total. The Bertz CT molecular complexity index is 1170. The summed E-state index contributed by atoms with van der Waals surface area (Å²) in [7, 11) is 1.34. The molecule has 31 heavy (non-hydrogen) atoms. The molecular weight excluding hydrogens is 424 g/mol. The number of nitrogens with zero attached hydrogens (tertiary/aromatic N) is 4. The van der Waals surface area contributed by atoms with Crippen LogP contribution in [0, 0.1) is 6.92 Å². The first-order chi connectivity index (χ1) is 14.8. The van der Waals surface area contributed by atoms with E-state index >= 15 is 0 Å². The third kappa shape index (κ3) is 4.16. The van der Waals surface area contributed by atoms with E-state index in [-0.39, 0.29) is 28.4 Å². The van der Waals surface area contributed by atoms with Gasteiger partial charge in [0.1, 0.15) is 0 Å². The van der Waals surface area contributed by atoms with Gasteiger partial charge in [0.2, 0.25) is 16.0 Å². The van der Waals surface area contributed by atoms with Crippen LogP contribution < -0.4 is 21.0 Å². The maximum absolute atomic E-state index is 12.7. The van der Waals surface area contributed by atoms with E-state index in [1.807, 2.05) is 13.0 Å². The summed E-state index contributed by atoms with van der Waals surface area (Å²) in [6.07, 6.45) is 3.84. The van der Waals surface area contributed by atoms with E-state index in [1.54, 1.807) is 17.8 Å². The lowest BCUT2D eigenvalue weighted by Crippen LogP contribution is -2.39.